The van der Waals surface area contributed by atoms with E-state index in [-0.39, 0.29) is 18.5 Å². The van der Waals surface area contributed by atoms with Crippen molar-refractivity contribution in [2.75, 3.05) is 13.7 Å². The summed E-state index contributed by atoms with van der Waals surface area (Å²) in [6.45, 7) is 0.246. The minimum absolute atomic E-state index is 0.225. The van der Waals surface area contributed by atoms with Crippen LogP contribution in [0.2, 0.25) is 0 Å². The molecule has 0 fully saturated rings. The van der Waals surface area contributed by atoms with Crippen LogP contribution in [0.4, 0.5) is 4.39 Å². The Kier molecular flexibility index (Phi) is 4.67. The SMILES string of the molecule is COc1ccc(F)cc1C(O)C(O)CCN. The van der Waals surface area contributed by atoms with E-state index in [1.165, 1.54) is 19.2 Å². The maximum atomic E-state index is 13.0. The van der Waals surface area contributed by atoms with Crippen LogP contribution < -0.4 is 10.5 Å². The third kappa shape index (κ3) is 2.91. The smallest absolute Gasteiger partial charge is 0.124 e. The Morgan fingerprint density at radius 3 is 2.69 bits per heavy atom. The van der Waals surface area contributed by atoms with Crippen molar-refractivity contribution in [3.63, 3.8) is 0 Å². The Morgan fingerprint density at radius 2 is 2.12 bits per heavy atom. The molecule has 4 N–H and O–H groups in total. The number of rotatable bonds is 5. The van der Waals surface area contributed by atoms with Crippen LogP contribution in [0, 0.1) is 5.82 Å². The van der Waals surface area contributed by atoms with E-state index >= 15 is 0 Å². The summed E-state index contributed by atoms with van der Waals surface area (Å²) in [4.78, 5) is 0. The summed E-state index contributed by atoms with van der Waals surface area (Å²) in [5, 5.41) is 19.4. The molecule has 0 aliphatic rings. The quantitative estimate of drug-likeness (QED) is 0.690. The molecule has 4 nitrogen and oxygen atoms in total. The third-order valence-electron chi connectivity index (χ3n) is 2.34. The van der Waals surface area contributed by atoms with Crippen LogP contribution in [-0.2, 0) is 0 Å². The zero-order valence-electron chi connectivity index (χ0n) is 9.06. The Bertz CT molecular complexity index is 346. The van der Waals surface area contributed by atoms with Gasteiger partial charge in [0.1, 0.15) is 17.7 Å². The highest BCUT2D eigenvalue weighted by Crippen LogP contribution is 2.28. The summed E-state index contributed by atoms with van der Waals surface area (Å²) >= 11 is 0. The van der Waals surface area contributed by atoms with Crippen LogP contribution >= 0.6 is 0 Å². The van der Waals surface area contributed by atoms with Crippen molar-refractivity contribution >= 4 is 0 Å². The number of hydrogen-bond acceptors (Lipinski definition) is 4. The zero-order valence-corrected chi connectivity index (χ0v) is 9.06. The van der Waals surface area contributed by atoms with E-state index in [1.54, 1.807) is 0 Å². The van der Waals surface area contributed by atoms with E-state index in [0.29, 0.717) is 5.75 Å². The first kappa shape index (κ1) is 12.9. The normalized spacial score (nSPS) is 14.6. The number of hydrogen-bond donors (Lipinski definition) is 3. The lowest BCUT2D eigenvalue weighted by molar-refractivity contribution is 0.0135. The summed E-state index contributed by atoms with van der Waals surface area (Å²) in [5.41, 5.74) is 5.49. The van der Waals surface area contributed by atoms with Gasteiger partial charge in [0.15, 0.2) is 0 Å². The Hall–Kier alpha value is -1.17. The molecule has 2 atom stereocenters. The van der Waals surface area contributed by atoms with Gasteiger partial charge in [-0.1, -0.05) is 0 Å². The van der Waals surface area contributed by atoms with Gasteiger partial charge in [0.2, 0.25) is 0 Å². The van der Waals surface area contributed by atoms with Gasteiger partial charge in [0.25, 0.3) is 0 Å². The number of methoxy groups -OCH3 is 1. The highest BCUT2D eigenvalue weighted by Gasteiger charge is 2.21. The first-order chi connectivity index (χ1) is 7.60. The fraction of sp³-hybridized carbons (Fsp3) is 0.455. The monoisotopic (exact) mass is 229 g/mol. The number of halogens is 1. The van der Waals surface area contributed by atoms with Crippen LogP contribution in [-0.4, -0.2) is 30.0 Å². The molecule has 0 spiro atoms. The lowest BCUT2D eigenvalue weighted by Crippen LogP contribution is -2.22. The highest BCUT2D eigenvalue weighted by molar-refractivity contribution is 5.36. The second-order valence-electron chi connectivity index (χ2n) is 3.48. The van der Waals surface area contributed by atoms with Gasteiger partial charge in [-0.2, -0.15) is 0 Å². The summed E-state index contributed by atoms with van der Waals surface area (Å²) in [6, 6.07) is 3.77. The summed E-state index contributed by atoms with van der Waals surface area (Å²) in [7, 11) is 1.42. The molecule has 16 heavy (non-hydrogen) atoms. The molecule has 1 aromatic rings. The summed E-state index contributed by atoms with van der Waals surface area (Å²) in [5.74, 6) is -0.153. The van der Waals surface area contributed by atoms with E-state index in [0.717, 1.165) is 6.07 Å². The van der Waals surface area contributed by atoms with Gasteiger partial charge >= 0.3 is 0 Å². The van der Waals surface area contributed by atoms with Crippen molar-refractivity contribution in [1.82, 2.24) is 0 Å². The van der Waals surface area contributed by atoms with Crippen molar-refractivity contribution in [3.05, 3.63) is 29.6 Å². The first-order valence-corrected chi connectivity index (χ1v) is 4.99. The molecule has 0 amide bonds. The van der Waals surface area contributed by atoms with Crippen molar-refractivity contribution in [2.45, 2.75) is 18.6 Å². The van der Waals surface area contributed by atoms with Gasteiger partial charge in [0.05, 0.1) is 13.2 Å². The minimum atomic E-state index is -1.20. The van der Waals surface area contributed by atoms with E-state index in [4.69, 9.17) is 10.5 Å². The molecule has 0 aliphatic carbocycles. The van der Waals surface area contributed by atoms with Gasteiger partial charge in [-0.3, -0.25) is 0 Å². The lowest BCUT2D eigenvalue weighted by atomic mass is 10.0. The Morgan fingerprint density at radius 1 is 1.44 bits per heavy atom. The van der Waals surface area contributed by atoms with E-state index in [1.807, 2.05) is 0 Å². The molecule has 2 unspecified atom stereocenters. The van der Waals surface area contributed by atoms with Crippen molar-refractivity contribution in [2.24, 2.45) is 5.73 Å². The van der Waals surface area contributed by atoms with Crippen molar-refractivity contribution in [1.29, 1.82) is 0 Å². The van der Waals surface area contributed by atoms with Crippen LogP contribution in [0.25, 0.3) is 0 Å². The number of nitrogens with two attached hydrogens (primary N) is 1. The molecular weight excluding hydrogens is 213 g/mol. The zero-order chi connectivity index (χ0) is 12.1. The minimum Gasteiger partial charge on any atom is -0.496 e. The van der Waals surface area contributed by atoms with Crippen LogP contribution in [0.3, 0.4) is 0 Å². The average molecular weight is 229 g/mol. The molecule has 5 heteroatoms. The van der Waals surface area contributed by atoms with Crippen molar-refractivity contribution < 1.29 is 19.3 Å². The fourth-order valence-corrected chi connectivity index (χ4v) is 1.47. The molecule has 0 aliphatic heterocycles. The Balaban J connectivity index is 2.96. The summed E-state index contributed by atoms with van der Waals surface area (Å²) < 4.78 is 18.0. The van der Waals surface area contributed by atoms with Crippen LogP contribution in [0.5, 0.6) is 5.75 Å². The maximum absolute atomic E-state index is 13.0. The molecule has 1 aromatic carbocycles. The molecule has 0 radical (unpaired) electrons. The highest BCUT2D eigenvalue weighted by atomic mass is 19.1. The lowest BCUT2D eigenvalue weighted by Gasteiger charge is -2.19. The maximum Gasteiger partial charge on any atom is 0.124 e. The van der Waals surface area contributed by atoms with Gasteiger partial charge in [-0.05, 0) is 31.2 Å². The number of ether oxygens (including phenoxy) is 1. The van der Waals surface area contributed by atoms with Gasteiger partial charge in [-0.25, -0.2) is 4.39 Å². The van der Waals surface area contributed by atoms with E-state index < -0.39 is 18.0 Å². The summed E-state index contributed by atoms with van der Waals surface area (Å²) in [6.07, 6.45) is -1.99. The van der Waals surface area contributed by atoms with Crippen LogP contribution in [0.1, 0.15) is 18.1 Å². The average Bonchev–Trinajstić information content (AvgIpc) is 2.28. The molecule has 0 bridgehead atoms. The van der Waals surface area contributed by atoms with Gasteiger partial charge in [-0.15, -0.1) is 0 Å². The number of aliphatic hydroxyl groups excluding tert-OH is 2. The van der Waals surface area contributed by atoms with E-state index in [9.17, 15) is 14.6 Å². The molecule has 90 valence electrons. The van der Waals surface area contributed by atoms with Gasteiger partial charge in [0, 0.05) is 5.56 Å². The largest absolute Gasteiger partial charge is 0.496 e. The predicted molar refractivity (Wildman–Crippen MR) is 57.6 cm³/mol. The van der Waals surface area contributed by atoms with Gasteiger partial charge < -0.3 is 20.7 Å². The fourth-order valence-electron chi connectivity index (χ4n) is 1.47. The molecule has 0 saturated carbocycles. The predicted octanol–water partition coefficient (Wildman–Crippen LogP) is 0.577. The molecule has 0 heterocycles. The number of aliphatic hydroxyl groups is 2. The first-order valence-electron chi connectivity index (χ1n) is 4.99. The third-order valence-corrected chi connectivity index (χ3v) is 2.34. The topological polar surface area (TPSA) is 75.7 Å². The molecule has 0 aromatic heterocycles. The second kappa shape index (κ2) is 5.79. The van der Waals surface area contributed by atoms with E-state index in [2.05, 4.69) is 0 Å². The number of benzene rings is 1. The van der Waals surface area contributed by atoms with Crippen molar-refractivity contribution in [3.8, 4) is 5.75 Å². The van der Waals surface area contributed by atoms with Crippen LogP contribution in [0.15, 0.2) is 18.2 Å². The molecule has 0 saturated heterocycles. The molecule has 1 rings (SSSR count). The standard InChI is InChI=1S/C11H16FNO3/c1-16-10-3-2-7(12)6-8(10)11(15)9(14)4-5-13/h2-3,6,9,11,14-15H,4-5,13H2,1H3. The molecular formula is C11H16FNO3. The Labute approximate surface area is 93.5 Å². The second-order valence-corrected chi connectivity index (χ2v) is 3.48.